The van der Waals surface area contributed by atoms with Crippen LogP contribution in [0.2, 0.25) is 0 Å². The van der Waals surface area contributed by atoms with Crippen molar-refractivity contribution in [2.24, 2.45) is 0 Å². The van der Waals surface area contributed by atoms with Gasteiger partial charge in [-0.05, 0) is 17.7 Å². The maximum Gasteiger partial charge on any atom is 0.328 e. The van der Waals surface area contributed by atoms with Crippen LogP contribution in [0.4, 0.5) is 0 Å². The zero-order valence-electron chi connectivity index (χ0n) is 9.92. The number of allylic oxidation sites excluding steroid dienone is 3. The largest absolute Gasteiger partial charge is 0.508 e. The highest BCUT2D eigenvalue weighted by atomic mass is 16.4. The van der Waals surface area contributed by atoms with Gasteiger partial charge in [0.05, 0.1) is 0 Å². The maximum atomic E-state index is 10.3. The molecule has 0 fully saturated rings. The highest BCUT2D eigenvalue weighted by Gasteiger charge is 2.16. The fraction of sp³-hybridized carbons (Fsp3) is 0.214. The van der Waals surface area contributed by atoms with Crippen molar-refractivity contribution in [3.8, 4) is 5.75 Å². The van der Waals surface area contributed by atoms with Crippen molar-refractivity contribution < 1.29 is 15.0 Å². The van der Waals surface area contributed by atoms with E-state index in [1.165, 1.54) is 6.08 Å². The first-order valence-electron chi connectivity index (χ1n) is 5.30. The number of carbonyl (C=O) groups is 1. The van der Waals surface area contributed by atoms with Crippen LogP contribution in [0.25, 0.3) is 0 Å². The van der Waals surface area contributed by atoms with Gasteiger partial charge in [-0.15, -0.1) is 0 Å². The van der Waals surface area contributed by atoms with E-state index < -0.39 is 5.97 Å². The number of rotatable bonds is 4. The van der Waals surface area contributed by atoms with Gasteiger partial charge in [-0.1, -0.05) is 44.2 Å². The molecular weight excluding hydrogens is 216 g/mol. The normalized spacial score (nSPS) is 12.4. The van der Waals surface area contributed by atoms with Crippen molar-refractivity contribution in [1.29, 1.82) is 0 Å². The minimum Gasteiger partial charge on any atom is -0.508 e. The van der Waals surface area contributed by atoms with E-state index in [-0.39, 0.29) is 11.2 Å². The lowest BCUT2D eigenvalue weighted by atomic mass is 9.84. The van der Waals surface area contributed by atoms with Gasteiger partial charge in [0.15, 0.2) is 0 Å². The molecule has 17 heavy (non-hydrogen) atoms. The third-order valence-electron chi connectivity index (χ3n) is 2.45. The smallest absolute Gasteiger partial charge is 0.328 e. The second kappa shape index (κ2) is 5.34. The van der Waals surface area contributed by atoms with E-state index in [2.05, 4.69) is 0 Å². The van der Waals surface area contributed by atoms with Crippen LogP contribution in [0.3, 0.4) is 0 Å². The summed E-state index contributed by atoms with van der Waals surface area (Å²) >= 11 is 0. The Bertz CT molecular complexity index is 456. The molecule has 0 aromatic heterocycles. The molecule has 2 N–H and O–H groups in total. The van der Waals surface area contributed by atoms with Crippen molar-refractivity contribution in [2.45, 2.75) is 19.3 Å². The van der Waals surface area contributed by atoms with Gasteiger partial charge in [0, 0.05) is 11.5 Å². The molecule has 0 atom stereocenters. The van der Waals surface area contributed by atoms with E-state index in [1.54, 1.807) is 24.3 Å². The minimum absolute atomic E-state index is 0.227. The quantitative estimate of drug-likeness (QED) is 0.620. The fourth-order valence-electron chi connectivity index (χ4n) is 1.44. The van der Waals surface area contributed by atoms with E-state index in [0.717, 1.165) is 11.6 Å². The van der Waals surface area contributed by atoms with E-state index >= 15 is 0 Å². The highest BCUT2D eigenvalue weighted by molar-refractivity contribution is 5.80. The first kappa shape index (κ1) is 13.0. The Morgan fingerprint density at radius 1 is 1.29 bits per heavy atom. The Hall–Kier alpha value is -2.03. The molecule has 90 valence electrons. The molecule has 0 aliphatic rings. The molecule has 0 unspecified atom stereocenters. The molecule has 1 aromatic rings. The fourth-order valence-corrected chi connectivity index (χ4v) is 1.44. The number of phenolic OH excluding ortho intramolecular Hbond substituents is 1. The van der Waals surface area contributed by atoms with Crippen LogP contribution in [-0.2, 0) is 10.2 Å². The van der Waals surface area contributed by atoms with E-state index in [9.17, 15) is 9.90 Å². The zero-order chi connectivity index (χ0) is 12.9. The van der Waals surface area contributed by atoms with E-state index in [4.69, 9.17) is 5.11 Å². The third-order valence-corrected chi connectivity index (χ3v) is 2.45. The van der Waals surface area contributed by atoms with Gasteiger partial charge in [-0.2, -0.15) is 0 Å². The summed E-state index contributed by atoms with van der Waals surface area (Å²) < 4.78 is 0. The molecular formula is C14H16O3. The van der Waals surface area contributed by atoms with Crippen molar-refractivity contribution in [3.63, 3.8) is 0 Å². The van der Waals surface area contributed by atoms with Gasteiger partial charge in [0.25, 0.3) is 0 Å². The van der Waals surface area contributed by atoms with Crippen LogP contribution in [0, 0.1) is 0 Å². The molecule has 3 nitrogen and oxygen atoms in total. The first-order chi connectivity index (χ1) is 7.92. The average molecular weight is 232 g/mol. The van der Waals surface area contributed by atoms with Crippen molar-refractivity contribution in [2.75, 3.05) is 0 Å². The number of carboxylic acids is 1. The predicted molar refractivity (Wildman–Crippen MR) is 67.0 cm³/mol. The van der Waals surface area contributed by atoms with Crippen LogP contribution >= 0.6 is 0 Å². The van der Waals surface area contributed by atoms with Gasteiger partial charge < -0.3 is 10.2 Å². The predicted octanol–water partition coefficient (Wildman–Crippen LogP) is 2.87. The Kier molecular flexibility index (Phi) is 4.10. The standard InChI is InChI=1S/C14H16O3/c1-14(2,9-4-3-8-13(16)17)11-6-5-7-12(15)10-11/h3-10,15H,1-2H3,(H,16,17)/b8-3+,9-4+. The van der Waals surface area contributed by atoms with Crippen LogP contribution < -0.4 is 0 Å². The average Bonchev–Trinajstić information content (AvgIpc) is 2.24. The number of benzene rings is 1. The molecule has 0 amide bonds. The maximum absolute atomic E-state index is 10.3. The van der Waals surface area contributed by atoms with Gasteiger partial charge in [-0.3, -0.25) is 0 Å². The lowest BCUT2D eigenvalue weighted by Gasteiger charge is -2.20. The Morgan fingerprint density at radius 3 is 2.59 bits per heavy atom. The molecule has 0 radical (unpaired) electrons. The molecule has 3 heteroatoms. The van der Waals surface area contributed by atoms with Gasteiger partial charge >= 0.3 is 5.97 Å². The summed E-state index contributed by atoms with van der Waals surface area (Å²) in [5, 5.41) is 17.8. The number of carboxylic acid groups (broad SMARTS) is 1. The summed E-state index contributed by atoms with van der Waals surface area (Å²) in [6.45, 7) is 3.99. The number of hydrogen-bond acceptors (Lipinski definition) is 2. The zero-order valence-corrected chi connectivity index (χ0v) is 9.92. The number of aromatic hydroxyl groups is 1. The van der Waals surface area contributed by atoms with Crippen LogP contribution in [0.1, 0.15) is 19.4 Å². The number of aliphatic carboxylic acids is 1. The van der Waals surface area contributed by atoms with Crippen molar-refractivity contribution >= 4 is 5.97 Å². The molecule has 0 saturated carbocycles. The van der Waals surface area contributed by atoms with E-state index in [1.807, 2.05) is 26.0 Å². The molecule has 0 saturated heterocycles. The third kappa shape index (κ3) is 4.15. The second-order valence-electron chi connectivity index (χ2n) is 4.33. The summed E-state index contributed by atoms with van der Waals surface area (Å²) in [6, 6.07) is 7.02. The Morgan fingerprint density at radius 2 is 2.00 bits per heavy atom. The molecule has 0 aliphatic heterocycles. The number of hydrogen-bond donors (Lipinski definition) is 2. The SMILES string of the molecule is CC(C)(/C=C/C=C/C(=O)O)c1cccc(O)c1. The molecule has 0 aliphatic carbocycles. The molecule has 0 bridgehead atoms. The minimum atomic E-state index is -0.968. The lowest BCUT2D eigenvalue weighted by Crippen LogP contribution is -2.12. The van der Waals surface area contributed by atoms with Crippen LogP contribution in [-0.4, -0.2) is 16.2 Å². The van der Waals surface area contributed by atoms with Crippen molar-refractivity contribution in [1.82, 2.24) is 0 Å². The van der Waals surface area contributed by atoms with Gasteiger partial charge in [-0.25, -0.2) is 4.79 Å². The monoisotopic (exact) mass is 232 g/mol. The van der Waals surface area contributed by atoms with E-state index in [0.29, 0.717) is 0 Å². The summed E-state index contributed by atoms with van der Waals surface area (Å²) in [7, 11) is 0. The second-order valence-corrected chi connectivity index (χ2v) is 4.33. The lowest BCUT2D eigenvalue weighted by molar-refractivity contribution is -0.131. The summed E-state index contributed by atoms with van der Waals surface area (Å²) in [5.74, 6) is -0.741. The molecule has 0 heterocycles. The molecule has 0 spiro atoms. The first-order valence-corrected chi connectivity index (χ1v) is 5.30. The Balaban J connectivity index is 2.84. The van der Waals surface area contributed by atoms with Crippen LogP contribution in [0.5, 0.6) is 5.75 Å². The van der Waals surface area contributed by atoms with Gasteiger partial charge in [0.2, 0.25) is 0 Å². The van der Waals surface area contributed by atoms with Crippen molar-refractivity contribution in [3.05, 3.63) is 54.1 Å². The summed E-state index contributed by atoms with van der Waals surface area (Å²) in [5.41, 5.74) is 0.708. The molecule has 1 rings (SSSR count). The topological polar surface area (TPSA) is 57.5 Å². The summed E-state index contributed by atoms with van der Waals surface area (Å²) in [6.07, 6.45) is 6.14. The van der Waals surface area contributed by atoms with Crippen LogP contribution in [0.15, 0.2) is 48.6 Å². The number of phenols is 1. The Labute approximate surface area is 101 Å². The van der Waals surface area contributed by atoms with Gasteiger partial charge in [0.1, 0.15) is 5.75 Å². The summed E-state index contributed by atoms with van der Waals surface area (Å²) in [4.78, 5) is 10.3. The molecule has 1 aromatic carbocycles. The highest BCUT2D eigenvalue weighted by Crippen LogP contribution is 2.27.